The normalized spacial score (nSPS) is 13.4. The second kappa shape index (κ2) is 12.7. The van der Waals surface area contributed by atoms with Gasteiger partial charge in [0.2, 0.25) is 21.8 Å². The van der Waals surface area contributed by atoms with Crippen molar-refractivity contribution in [1.82, 2.24) is 10.2 Å². The van der Waals surface area contributed by atoms with Crippen LogP contribution in [0.25, 0.3) is 0 Å². The van der Waals surface area contributed by atoms with Gasteiger partial charge in [0.05, 0.1) is 19.1 Å². The van der Waals surface area contributed by atoms with Crippen LogP contribution in [0, 0.1) is 0 Å². The van der Waals surface area contributed by atoms with E-state index in [4.69, 9.17) is 14.2 Å². The summed E-state index contributed by atoms with van der Waals surface area (Å²) in [6.45, 7) is 2.98. The van der Waals surface area contributed by atoms with Gasteiger partial charge in [-0.15, -0.1) is 0 Å². The topological polar surface area (TPSA) is 114 Å². The Morgan fingerprint density at radius 2 is 1.84 bits per heavy atom. The van der Waals surface area contributed by atoms with Crippen LogP contribution in [0.5, 0.6) is 17.2 Å². The molecule has 0 radical (unpaired) electrons. The highest BCUT2D eigenvalue weighted by Gasteiger charge is 2.28. The van der Waals surface area contributed by atoms with Crippen molar-refractivity contribution in [3.63, 3.8) is 0 Å². The maximum Gasteiger partial charge on any atom is 0.242 e. The van der Waals surface area contributed by atoms with Crippen molar-refractivity contribution in [1.29, 1.82) is 0 Å². The number of ether oxygens (including phenoxy) is 3. The molecule has 0 spiro atoms. The number of methoxy groups -OCH3 is 1. The van der Waals surface area contributed by atoms with E-state index in [1.807, 2.05) is 31.2 Å². The van der Waals surface area contributed by atoms with E-state index >= 15 is 0 Å². The molecule has 1 heterocycles. The van der Waals surface area contributed by atoms with Crippen LogP contribution in [0.1, 0.15) is 31.7 Å². The molecule has 1 aliphatic heterocycles. The Morgan fingerprint density at radius 1 is 1.11 bits per heavy atom. The molecule has 10 nitrogen and oxygen atoms in total. The second-order valence-corrected chi connectivity index (χ2v) is 10.6. The minimum Gasteiger partial charge on any atom is -0.497 e. The maximum absolute atomic E-state index is 13.4. The molecule has 0 saturated carbocycles. The molecule has 0 unspecified atom stereocenters. The van der Waals surface area contributed by atoms with E-state index in [0.29, 0.717) is 42.6 Å². The van der Waals surface area contributed by atoms with Gasteiger partial charge in [-0.3, -0.25) is 13.9 Å². The number of nitrogens with one attached hydrogen (secondary N) is 1. The molecular weight excluding hydrogens is 498 g/mol. The summed E-state index contributed by atoms with van der Waals surface area (Å²) in [4.78, 5) is 27.5. The molecule has 2 amide bonds. The van der Waals surface area contributed by atoms with Crippen molar-refractivity contribution in [2.45, 2.75) is 38.8 Å². The van der Waals surface area contributed by atoms with Gasteiger partial charge in [-0.25, -0.2) is 8.42 Å². The average molecular weight is 534 g/mol. The summed E-state index contributed by atoms with van der Waals surface area (Å²) in [5, 5.41) is 2.63. The molecule has 202 valence electrons. The van der Waals surface area contributed by atoms with Gasteiger partial charge in [-0.1, -0.05) is 19.1 Å². The van der Waals surface area contributed by atoms with Crippen molar-refractivity contribution in [2.24, 2.45) is 0 Å². The third kappa shape index (κ3) is 7.28. The van der Waals surface area contributed by atoms with E-state index in [1.54, 1.807) is 30.2 Å². The fourth-order valence-corrected chi connectivity index (χ4v) is 5.20. The Kier molecular flexibility index (Phi) is 9.62. The Bertz CT molecular complexity index is 1200. The zero-order valence-electron chi connectivity index (χ0n) is 21.7. The van der Waals surface area contributed by atoms with Gasteiger partial charge < -0.3 is 24.4 Å². The van der Waals surface area contributed by atoms with E-state index in [1.165, 1.54) is 11.4 Å². The molecule has 2 aromatic carbocycles. The summed E-state index contributed by atoms with van der Waals surface area (Å²) in [7, 11) is -0.519. The lowest BCUT2D eigenvalue weighted by atomic mass is 10.1. The van der Waals surface area contributed by atoms with Gasteiger partial charge in [0.1, 0.15) is 25.0 Å². The van der Waals surface area contributed by atoms with Gasteiger partial charge in [0.25, 0.3) is 0 Å². The smallest absolute Gasteiger partial charge is 0.242 e. The number of anilines is 1. The molecular formula is C26H35N3O7S. The van der Waals surface area contributed by atoms with Crippen LogP contribution in [0.4, 0.5) is 5.69 Å². The number of hydrogen-bond donors (Lipinski definition) is 1. The number of fused-ring (bicyclic) bond motifs is 1. The zero-order valence-corrected chi connectivity index (χ0v) is 22.5. The van der Waals surface area contributed by atoms with Crippen molar-refractivity contribution in [3.05, 3.63) is 48.0 Å². The molecule has 1 aliphatic rings. The standard InChI is InChI=1S/C26H35N3O7S/c1-5-22(26(31)27-2)28(18-19-8-6-9-21(16-19)34-3)25(30)10-7-13-29(37(4,32)33)20-11-12-23-24(17-20)36-15-14-35-23/h6,8-9,11-12,16-17,22H,5,7,10,13-15,18H2,1-4H3,(H,27,31)/t22-/m0/s1. The van der Waals surface area contributed by atoms with E-state index in [9.17, 15) is 18.0 Å². The van der Waals surface area contributed by atoms with Crippen molar-refractivity contribution < 1.29 is 32.2 Å². The fraction of sp³-hybridized carbons (Fsp3) is 0.462. The van der Waals surface area contributed by atoms with Crippen LogP contribution in [-0.2, 0) is 26.2 Å². The number of benzene rings is 2. The Labute approximate surface area is 218 Å². The summed E-state index contributed by atoms with van der Waals surface area (Å²) in [5.41, 5.74) is 1.26. The third-order valence-electron chi connectivity index (χ3n) is 6.09. The summed E-state index contributed by atoms with van der Waals surface area (Å²) >= 11 is 0. The highest BCUT2D eigenvalue weighted by atomic mass is 32.2. The summed E-state index contributed by atoms with van der Waals surface area (Å²) in [5.74, 6) is 1.20. The molecule has 0 bridgehead atoms. The quantitative estimate of drug-likeness (QED) is 0.446. The molecule has 0 fully saturated rings. The van der Waals surface area contributed by atoms with E-state index < -0.39 is 16.1 Å². The number of sulfonamides is 1. The Morgan fingerprint density at radius 3 is 2.49 bits per heavy atom. The van der Waals surface area contributed by atoms with Crippen LogP contribution >= 0.6 is 0 Å². The SMILES string of the molecule is CC[C@@H](C(=O)NC)N(Cc1cccc(OC)c1)C(=O)CCCN(c1ccc2c(c1)OCCO2)S(C)(=O)=O. The number of amides is 2. The first-order chi connectivity index (χ1) is 17.7. The van der Waals surface area contributed by atoms with Crippen LogP contribution in [0.2, 0.25) is 0 Å². The molecule has 37 heavy (non-hydrogen) atoms. The van der Waals surface area contributed by atoms with Crippen LogP contribution in [0.3, 0.4) is 0 Å². The van der Waals surface area contributed by atoms with Gasteiger partial charge in [-0.05, 0) is 42.7 Å². The van der Waals surface area contributed by atoms with Crippen molar-refractivity contribution in [2.75, 3.05) is 44.5 Å². The zero-order chi connectivity index (χ0) is 27.0. The predicted molar refractivity (Wildman–Crippen MR) is 141 cm³/mol. The molecule has 2 aromatic rings. The number of nitrogens with zero attached hydrogens (tertiary/aromatic N) is 2. The van der Waals surface area contributed by atoms with E-state index in [2.05, 4.69) is 5.32 Å². The molecule has 0 aromatic heterocycles. The molecule has 0 aliphatic carbocycles. The van der Waals surface area contributed by atoms with Gasteiger partial charge in [0, 0.05) is 32.6 Å². The fourth-order valence-electron chi connectivity index (χ4n) is 4.24. The van der Waals surface area contributed by atoms with Gasteiger partial charge >= 0.3 is 0 Å². The largest absolute Gasteiger partial charge is 0.497 e. The monoisotopic (exact) mass is 533 g/mol. The first-order valence-electron chi connectivity index (χ1n) is 12.2. The average Bonchev–Trinajstić information content (AvgIpc) is 2.89. The number of carbonyl (C=O) groups is 2. The van der Waals surface area contributed by atoms with Crippen LogP contribution in [0.15, 0.2) is 42.5 Å². The van der Waals surface area contributed by atoms with E-state index in [0.717, 1.165) is 11.8 Å². The maximum atomic E-state index is 13.4. The number of rotatable bonds is 12. The minimum absolute atomic E-state index is 0.0635. The Hall–Kier alpha value is -3.47. The highest BCUT2D eigenvalue weighted by Crippen LogP contribution is 2.34. The number of likely N-dealkylation sites (N-methyl/N-ethyl adjacent to an activating group) is 1. The molecule has 1 N–H and O–H groups in total. The Balaban J connectivity index is 1.76. The number of hydrogen-bond acceptors (Lipinski definition) is 7. The second-order valence-electron chi connectivity index (χ2n) is 8.68. The summed E-state index contributed by atoms with van der Waals surface area (Å²) < 4.78 is 42.8. The van der Waals surface area contributed by atoms with Crippen LogP contribution < -0.4 is 23.8 Å². The lowest BCUT2D eigenvalue weighted by Gasteiger charge is -2.31. The van der Waals surface area contributed by atoms with Gasteiger partial charge in [-0.2, -0.15) is 0 Å². The lowest BCUT2D eigenvalue weighted by molar-refractivity contribution is -0.141. The van der Waals surface area contributed by atoms with E-state index in [-0.39, 0.29) is 37.7 Å². The first kappa shape index (κ1) is 28.1. The van der Waals surface area contributed by atoms with Crippen LogP contribution in [-0.4, -0.2) is 71.3 Å². The van der Waals surface area contributed by atoms with Crippen molar-refractivity contribution in [3.8, 4) is 17.2 Å². The number of carbonyl (C=O) groups excluding carboxylic acids is 2. The summed E-state index contributed by atoms with van der Waals surface area (Å²) in [6.07, 6.45) is 1.88. The lowest BCUT2D eigenvalue weighted by Crippen LogP contribution is -2.48. The highest BCUT2D eigenvalue weighted by molar-refractivity contribution is 7.92. The first-order valence-corrected chi connectivity index (χ1v) is 14.0. The predicted octanol–water partition coefficient (Wildman–Crippen LogP) is 2.57. The molecule has 1 atom stereocenters. The minimum atomic E-state index is -3.62. The van der Waals surface area contributed by atoms with Crippen molar-refractivity contribution >= 4 is 27.5 Å². The molecule has 3 rings (SSSR count). The van der Waals surface area contributed by atoms with Gasteiger partial charge in [0.15, 0.2) is 11.5 Å². The molecule has 11 heteroatoms. The molecule has 0 saturated heterocycles. The third-order valence-corrected chi connectivity index (χ3v) is 7.28. The summed E-state index contributed by atoms with van der Waals surface area (Å²) in [6, 6.07) is 11.6.